The van der Waals surface area contributed by atoms with Crippen molar-refractivity contribution in [1.29, 1.82) is 0 Å². The van der Waals surface area contributed by atoms with Crippen LogP contribution in [0.5, 0.6) is 0 Å². The summed E-state index contributed by atoms with van der Waals surface area (Å²) in [4.78, 5) is 35.5. The van der Waals surface area contributed by atoms with E-state index in [9.17, 15) is 14.9 Å². The molecule has 10 heteroatoms. The van der Waals surface area contributed by atoms with Crippen molar-refractivity contribution in [3.8, 4) is 10.6 Å². The van der Waals surface area contributed by atoms with Gasteiger partial charge in [0, 0.05) is 21.5 Å². The molecule has 1 N–H and O–H groups in total. The van der Waals surface area contributed by atoms with Crippen molar-refractivity contribution < 1.29 is 4.92 Å². The molecule has 0 atom stereocenters. The van der Waals surface area contributed by atoms with E-state index in [1.165, 1.54) is 35.5 Å². The molecule has 0 unspecified atom stereocenters. The Bertz CT molecular complexity index is 1240. The van der Waals surface area contributed by atoms with Crippen LogP contribution < -0.4 is 5.56 Å². The fourth-order valence-electron chi connectivity index (χ4n) is 2.43. The lowest BCUT2D eigenvalue weighted by Crippen LogP contribution is -2.05. The zero-order valence-corrected chi connectivity index (χ0v) is 15.8. The molecule has 0 amide bonds. The van der Waals surface area contributed by atoms with Crippen LogP contribution in [-0.2, 0) is 0 Å². The molecule has 4 rings (SSSR count). The summed E-state index contributed by atoms with van der Waals surface area (Å²) in [7, 11) is 0. The van der Waals surface area contributed by atoms with Crippen molar-refractivity contribution in [2.24, 2.45) is 0 Å². The highest BCUT2D eigenvalue weighted by Crippen LogP contribution is 2.39. The van der Waals surface area contributed by atoms with E-state index in [4.69, 9.17) is 11.6 Å². The molecule has 0 fully saturated rings. The summed E-state index contributed by atoms with van der Waals surface area (Å²) in [5.41, 5.74) is 0.390. The number of nitro benzene ring substituents is 1. The molecule has 0 spiro atoms. The Kier molecular flexibility index (Phi) is 4.65. The van der Waals surface area contributed by atoms with Gasteiger partial charge in [0.2, 0.25) is 0 Å². The quantitative estimate of drug-likeness (QED) is 0.380. The van der Waals surface area contributed by atoms with Gasteiger partial charge in [-0.15, -0.1) is 0 Å². The van der Waals surface area contributed by atoms with Crippen molar-refractivity contribution in [3.63, 3.8) is 0 Å². The van der Waals surface area contributed by atoms with Crippen molar-refractivity contribution in [2.45, 2.75) is 9.79 Å². The third kappa shape index (κ3) is 3.57. The third-order valence-corrected chi connectivity index (χ3v) is 5.93. The smallest absolute Gasteiger partial charge is 0.283 e. The van der Waals surface area contributed by atoms with Gasteiger partial charge in [-0.2, -0.15) is 0 Å². The minimum absolute atomic E-state index is 0.0430. The lowest BCUT2D eigenvalue weighted by Gasteiger charge is -2.05. The summed E-state index contributed by atoms with van der Waals surface area (Å²) in [6.45, 7) is 0. The van der Waals surface area contributed by atoms with E-state index >= 15 is 0 Å². The van der Waals surface area contributed by atoms with Crippen LogP contribution in [0.3, 0.4) is 0 Å². The Morgan fingerprint density at radius 1 is 1.22 bits per heavy atom. The summed E-state index contributed by atoms with van der Waals surface area (Å²) in [6, 6.07) is 12.0. The van der Waals surface area contributed by atoms with Gasteiger partial charge in [0.05, 0.1) is 16.1 Å². The van der Waals surface area contributed by atoms with E-state index in [0.29, 0.717) is 25.3 Å². The molecular weight excluding hydrogens is 408 g/mol. The first-order valence-corrected chi connectivity index (χ1v) is 9.59. The van der Waals surface area contributed by atoms with Gasteiger partial charge in [-0.3, -0.25) is 14.9 Å². The number of aromatic amines is 1. The molecule has 134 valence electrons. The van der Waals surface area contributed by atoms with Crippen molar-refractivity contribution >= 4 is 50.7 Å². The van der Waals surface area contributed by atoms with Crippen LogP contribution >= 0.6 is 34.7 Å². The van der Waals surface area contributed by atoms with Crippen LogP contribution in [0.15, 0.2) is 63.4 Å². The standard InChI is InChI=1S/C17H9ClN4O3S2/c18-10-2-1-3-11(7-10)26-13-5-4-9(6-12(13)22(24)25)16-21-14-15(23)19-8-20-17(14)27-16/h1-8H,(H,19,20,23). The van der Waals surface area contributed by atoms with E-state index in [1.54, 1.807) is 30.3 Å². The number of nitro groups is 1. The zero-order valence-electron chi connectivity index (χ0n) is 13.4. The highest BCUT2D eigenvalue weighted by atomic mass is 35.5. The van der Waals surface area contributed by atoms with Crippen LogP contribution in [0.1, 0.15) is 0 Å². The second-order valence-corrected chi connectivity index (χ2v) is 7.93. The van der Waals surface area contributed by atoms with Crippen molar-refractivity contribution in [1.82, 2.24) is 15.0 Å². The van der Waals surface area contributed by atoms with E-state index in [-0.39, 0.29) is 16.8 Å². The predicted octanol–water partition coefficient (Wildman–Crippen LogP) is 4.76. The van der Waals surface area contributed by atoms with Gasteiger partial charge in [0.25, 0.3) is 11.2 Å². The first-order valence-electron chi connectivity index (χ1n) is 7.58. The van der Waals surface area contributed by atoms with Gasteiger partial charge >= 0.3 is 0 Å². The number of rotatable bonds is 4. The lowest BCUT2D eigenvalue weighted by molar-refractivity contribution is -0.387. The van der Waals surface area contributed by atoms with Gasteiger partial charge < -0.3 is 4.98 Å². The van der Waals surface area contributed by atoms with Crippen molar-refractivity contribution in [3.05, 3.63) is 74.3 Å². The molecular formula is C17H9ClN4O3S2. The van der Waals surface area contributed by atoms with Gasteiger partial charge in [-0.1, -0.05) is 46.8 Å². The Balaban J connectivity index is 1.77. The number of nitrogens with one attached hydrogen (secondary N) is 1. The van der Waals surface area contributed by atoms with Gasteiger partial charge in [-0.05, 0) is 24.3 Å². The fraction of sp³-hybridized carbons (Fsp3) is 0. The maximum absolute atomic E-state index is 11.8. The lowest BCUT2D eigenvalue weighted by atomic mass is 10.2. The minimum Gasteiger partial charge on any atom is -0.311 e. The van der Waals surface area contributed by atoms with Gasteiger partial charge in [-0.25, -0.2) is 9.97 Å². The van der Waals surface area contributed by atoms with Crippen LogP contribution in [0.4, 0.5) is 5.69 Å². The maximum atomic E-state index is 11.8. The highest BCUT2D eigenvalue weighted by Gasteiger charge is 2.19. The van der Waals surface area contributed by atoms with Gasteiger partial charge in [0.1, 0.15) is 5.01 Å². The third-order valence-electron chi connectivity index (χ3n) is 3.63. The SMILES string of the molecule is O=c1[nH]cnc2sc(-c3ccc(Sc4cccc(Cl)c4)c([N+](=O)[O-])c3)nc12. The maximum Gasteiger partial charge on any atom is 0.283 e. The van der Waals surface area contributed by atoms with E-state index in [1.807, 2.05) is 6.07 Å². The van der Waals surface area contributed by atoms with E-state index < -0.39 is 4.92 Å². The molecule has 0 radical (unpaired) electrons. The van der Waals surface area contributed by atoms with Gasteiger partial charge in [0.15, 0.2) is 10.3 Å². The molecule has 0 aliphatic carbocycles. The Morgan fingerprint density at radius 2 is 2.07 bits per heavy atom. The summed E-state index contributed by atoms with van der Waals surface area (Å²) in [6.07, 6.45) is 1.31. The molecule has 0 saturated carbocycles. The molecule has 2 aromatic heterocycles. The first kappa shape index (κ1) is 17.7. The van der Waals surface area contributed by atoms with E-state index in [0.717, 1.165) is 4.90 Å². The largest absolute Gasteiger partial charge is 0.311 e. The second kappa shape index (κ2) is 7.10. The topological polar surface area (TPSA) is 102 Å². The molecule has 4 aromatic rings. The molecule has 0 saturated heterocycles. The summed E-state index contributed by atoms with van der Waals surface area (Å²) in [5.74, 6) is 0. The summed E-state index contributed by atoms with van der Waals surface area (Å²) < 4.78 is 0. The molecule has 0 aliphatic rings. The molecule has 2 heterocycles. The number of thiazole rings is 1. The Hall–Kier alpha value is -2.75. The molecule has 0 bridgehead atoms. The summed E-state index contributed by atoms with van der Waals surface area (Å²) >= 11 is 8.45. The van der Waals surface area contributed by atoms with Crippen LogP contribution in [0, 0.1) is 10.1 Å². The normalized spacial score (nSPS) is 11.0. The molecule has 27 heavy (non-hydrogen) atoms. The number of hydrogen-bond donors (Lipinski definition) is 1. The number of benzene rings is 2. The first-order chi connectivity index (χ1) is 13.0. The van der Waals surface area contributed by atoms with E-state index in [2.05, 4.69) is 15.0 Å². The average Bonchev–Trinajstić information content (AvgIpc) is 3.07. The number of fused-ring (bicyclic) bond motifs is 1. The van der Waals surface area contributed by atoms with Crippen LogP contribution in [-0.4, -0.2) is 19.9 Å². The van der Waals surface area contributed by atoms with Crippen molar-refractivity contribution in [2.75, 3.05) is 0 Å². The predicted molar refractivity (Wildman–Crippen MR) is 106 cm³/mol. The number of hydrogen-bond acceptors (Lipinski definition) is 7. The Morgan fingerprint density at radius 3 is 2.81 bits per heavy atom. The number of H-pyrrole nitrogens is 1. The molecule has 0 aliphatic heterocycles. The number of aromatic nitrogens is 3. The number of nitrogens with zero attached hydrogens (tertiary/aromatic N) is 3. The average molecular weight is 417 g/mol. The fourth-order valence-corrected chi connectivity index (χ4v) is 4.55. The van der Waals surface area contributed by atoms with Crippen LogP contribution in [0.2, 0.25) is 5.02 Å². The molecule has 2 aromatic carbocycles. The van der Waals surface area contributed by atoms with Crippen LogP contribution in [0.25, 0.3) is 20.9 Å². The highest BCUT2D eigenvalue weighted by molar-refractivity contribution is 7.99. The second-order valence-electron chi connectivity index (χ2n) is 5.40. The monoisotopic (exact) mass is 416 g/mol. The molecule has 7 nitrogen and oxygen atoms in total. The minimum atomic E-state index is -0.436. The summed E-state index contributed by atoms with van der Waals surface area (Å²) in [5, 5.41) is 12.6. The number of halogens is 1. The zero-order chi connectivity index (χ0) is 19.0. The Labute approximate surface area is 165 Å².